The summed E-state index contributed by atoms with van der Waals surface area (Å²) >= 11 is 6.23. The van der Waals surface area contributed by atoms with Crippen molar-refractivity contribution in [3.8, 4) is 17.1 Å². The average Bonchev–Trinajstić information content (AvgIpc) is 3.11. The Kier molecular flexibility index (Phi) is 8.70. The van der Waals surface area contributed by atoms with Crippen molar-refractivity contribution in [1.82, 2.24) is 14.8 Å². The molecule has 0 spiro atoms. The van der Waals surface area contributed by atoms with E-state index in [4.69, 9.17) is 11.6 Å². The summed E-state index contributed by atoms with van der Waals surface area (Å²) in [5.74, 6) is 1.46. The van der Waals surface area contributed by atoms with Gasteiger partial charge in [0, 0.05) is 5.02 Å². The van der Waals surface area contributed by atoms with E-state index in [1.54, 1.807) is 12.1 Å². The van der Waals surface area contributed by atoms with Crippen LogP contribution in [0.2, 0.25) is 5.02 Å². The fourth-order valence-corrected chi connectivity index (χ4v) is 3.29. The third-order valence-electron chi connectivity index (χ3n) is 4.83. The standard InChI is InChI=1S/C22H25ClN4O.ClH/c1-3-26(4-2)15-16-27-22(18-10-6-8-12-20(18)28)24-21(25-27)14-13-17-9-5-7-11-19(17)23;/h5-14,28H,3-4,15-16H2,1-2H3;1H/b14-13+;. The van der Waals surface area contributed by atoms with E-state index in [9.17, 15) is 5.11 Å². The molecule has 0 aliphatic rings. The molecule has 0 amide bonds. The topological polar surface area (TPSA) is 55.4 Å². The first kappa shape index (κ1) is 22.9. The number of aromatic hydroxyl groups is 1. The monoisotopic (exact) mass is 432 g/mol. The maximum Gasteiger partial charge on any atom is 0.174 e. The molecule has 29 heavy (non-hydrogen) atoms. The van der Waals surface area contributed by atoms with Crippen LogP contribution in [-0.2, 0) is 6.54 Å². The number of hydrogen-bond donors (Lipinski definition) is 2. The van der Waals surface area contributed by atoms with Crippen LogP contribution < -0.4 is 17.3 Å². The van der Waals surface area contributed by atoms with Crippen molar-refractivity contribution in [2.45, 2.75) is 20.4 Å². The lowest BCUT2D eigenvalue weighted by molar-refractivity contribution is -0.897. The number of likely N-dealkylation sites (N-methyl/N-ethyl adjacent to an activating group) is 1. The van der Waals surface area contributed by atoms with E-state index in [1.165, 1.54) is 4.90 Å². The summed E-state index contributed by atoms with van der Waals surface area (Å²) in [4.78, 5) is 6.16. The van der Waals surface area contributed by atoms with Crippen LogP contribution in [0.1, 0.15) is 25.2 Å². The molecule has 0 unspecified atom stereocenters. The summed E-state index contributed by atoms with van der Waals surface area (Å²) in [5, 5.41) is 15.6. The largest absolute Gasteiger partial charge is 1.00 e. The Morgan fingerprint density at radius 3 is 2.41 bits per heavy atom. The molecular formula is C22H26Cl2N4O. The molecule has 2 aromatic carbocycles. The SMILES string of the molecule is CC[NH+](CC)CCn1nc(/C=C/c2ccccc2Cl)nc1-c1ccccc1O.[Cl-]. The number of halogens is 2. The molecule has 154 valence electrons. The quantitative estimate of drug-likeness (QED) is 0.541. The van der Waals surface area contributed by atoms with Crippen molar-refractivity contribution in [3.05, 3.63) is 64.9 Å². The number of nitrogens with zero attached hydrogens (tertiary/aromatic N) is 3. The second-order valence-electron chi connectivity index (χ2n) is 6.60. The average molecular weight is 433 g/mol. The molecule has 0 atom stereocenters. The first-order valence-electron chi connectivity index (χ1n) is 9.61. The van der Waals surface area contributed by atoms with Gasteiger partial charge < -0.3 is 22.4 Å². The lowest BCUT2D eigenvalue weighted by atomic mass is 10.2. The fraction of sp³-hybridized carbons (Fsp3) is 0.273. The lowest BCUT2D eigenvalue weighted by Crippen LogP contribution is -3.11. The summed E-state index contributed by atoms with van der Waals surface area (Å²) in [6, 6.07) is 14.9. The molecule has 3 rings (SSSR count). The van der Waals surface area contributed by atoms with Gasteiger partial charge in [-0.3, -0.25) is 0 Å². The number of para-hydroxylation sites is 1. The van der Waals surface area contributed by atoms with Gasteiger partial charge in [-0.25, -0.2) is 9.67 Å². The van der Waals surface area contributed by atoms with Gasteiger partial charge in [-0.15, -0.1) is 0 Å². The van der Waals surface area contributed by atoms with Gasteiger partial charge in [-0.05, 0) is 49.8 Å². The molecule has 1 aromatic heterocycles. The molecule has 0 saturated heterocycles. The number of nitrogens with one attached hydrogen (secondary N) is 1. The smallest absolute Gasteiger partial charge is 0.174 e. The number of aromatic nitrogens is 3. The molecule has 5 nitrogen and oxygen atoms in total. The van der Waals surface area contributed by atoms with Crippen LogP contribution in [0.15, 0.2) is 48.5 Å². The highest BCUT2D eigenvalue weighted by molar-refractivity contribution is 6.32. The highest BCUT2D eigenvalue weighted by Gasteiger charge is 2.15. The van der Waals surface area contributed by atoms with Crippen LogP contribution in [0.25, 0.3) is 23.5 Å². The zero-order chi connectivity index (χ0) is 19.9. The second kappa shape index (κ2) is 11.0. The Morgan fingerprint density at radius 2 is 1.72 bits per heavy atom. The molecule has 0 saturated carbocycles. The number of hydrogen-bond acceptors (Lipinski definition) is 3. The number of benzene rings is 2. The van der Waals surface area contributed by atoms with Gasteiger partial charge in [-0.1, -0.05) is 41.9 Å². The van der Waals surface area contributed by atoms with Gasteiger partial charge in [0.2, 0.25) is 0 Å². The summed E-state index contributed by atoms with van der Waals surface area (Å²) in [7, 11) is 0. The summed E-state index contributed by atoms with van der Waals surface area (Å²) in [6.45, 7) is 8.18. The van der Waals surface area contributed by atoms with Crippen LogP contribution in [0, 0.1) is 0 Å². The number of rotatable bonds is 8. The Bertz CT molecular complexity index is 951. The van der Waals surface area contributed by atoms with Crippen LogP contribution in [0.4, 0.5) is 0 Å². The molecule has 1 heterocycles. The van der Waals surface area contributed by atoms with Crippen LogP contribution in [-0.4, -0.2) is 39.5 Å². The Hall–Kier alpha value is -2.34. The van der Waals surface area contributed by atoms with E-state index >= 15 is 0 Å². The van der Waals surface area contributed by atoms with Gasteiger partial charge in [0.15, 0.2) is 11.6 Å². The van der Waals surface area contributed by atoms with Crippen LogP contribution in [0.5, 0.6) is 5.75 Å². The van der Waals surface area contributed by atoms with Crippen molar-refractivity contribution in [3.63, 3.8) is 0 Å². The summed E-state index contributed by atoms with van der Waals surface area (Å²) < 4.78 is 1.88. The van der Waals surface area contributed by atoms with Crippen molar-refractivity contribution < 1.29 is 22.4 Å². The molecule has 0 bridgehead atoms. The number of quaternary nitrogens is 1. The third-order valence-corrected chi connectivity index (χ3v) is 5.17. The molecule has 7 heteroatoms. The lowest BCUT2D eigenvalue weighted by Gasteiger charge is -2.15. The first-order valence-corrected chi connectivity index (χ1v) is 9.99. The number of phenols is 1. The van der Waals surface area contributed by atoms with E-state index in [-0.39, 0.29) is 18.2 Å². The van der Waals surface area contributed by atoms with E-state index in [0.717, 1.165) is 31.7 Å². The predicted octanol–water partition coefficient (Wildman–Crippen LogP) is 0.403. The molecular weight excluding hydrogens is 407 g/mol. The summed E-state index contributed by atoms with van der Waals surface area (Å²) in [5.41, 5.74) is 1.60. The number of phenolic OH excluding ortho intramolecular Hbond substituents is 1. The van der Waals surface area contributed by atoms with Gasteiger partial charge in [0.05, 0.1) is 31.7 Å². The zero-order valence-corrected chi connectivity index (χ0v) is 18.2. The minimum Gasteiger partial charge on any atom is -1.00 e. The van der Waals surface area contributed by atoms with Gasteiger partial charge >= 0.3 is 0 Å². The molecule has 0 aliphatic heterocycles. The maximum atomic E-state index is 10.3. The van der Waals surface area contributed by atoms with E-state index in [0.29, 0.717) is 22.2 Å². The molecule has 0 fully saturated rings. The van der Waals surface area contributed by atoms with Crippen molar-refractivity contribution in [2.75, 3.05) is 19.6 Å². The minimum atomic E-state index is 0. The van der Waals surface area contributed by atoms with Gasteiger partial charge in [0.25, 0.3) is 0 Å². The molecule has 3 aromatic rings. The van der Waals surface area contributed by atoms with Crippen LogP contribution in [0.3, 0.4) is 0 Å². The Labute approximate surface area is 183 Å². The van der Waals surface area contributed by atoms with Gasteiger partial charge in [-0.2, -0.15) is 5.10 Å². The van der Waals surface area contributed by atoms with Crippen molar-refractivity contribution in [1.29, 1.82) is 0 Å². The van der Waals surface area contributed by atoms with Gasteiger partial charge in [0.1, 0.15) is 5.75 Å². The first-order chi connectivity index (χ1) is 13.6. The minimum absolute atomic E-state index is 0. The second-order valence-corrected chi connectivity index (χ2v) is 7.00. The highest BCUT2D eigenvalue weighted by Crippen LogP contribution is 2.27. The fourth-order valence-electron chi connectivity index (χ4n) is 3.09. The normalized spacial score (nSPS) is 11.2. The third kappa shape index (κ3) is 5.82. The zero-order valence-electron chi connectivity index (χ0n) is 16.6. The molecule has 2 N–H and O–H groups in total. The van der Waals surface area contributed by atoms with Crippen molar-refractivity contribution >= 4 is 23.8 Å². The van der Waals surface area contributed by atoms with E-state index in [2.05, 4.69) is 23.9 Å². The highest BCUT2D eigenvalue weighted by atomic mass is 35.5. The summed E-state index contributed by atoms with van der Waals surface area (Å²) in [6.07, 6.45) is 3.76. The van der Waals surface area contributed by atoms with Crippen molar-refractivity contribution in [2.24, 2.45) is 0 Å². The predicted molar refractivity (Wildman–Crippen MR) is 114 cm³/mol. The Balaban J connectivity index is 0.00000300. The maximum absolute atomic E-state index is 10.3. The molecule has 0 aliphatic carbocycles. The van der Waals surface area contributed by atoms with E-state index in [1.807, 2.05) is 53.2 Å². The molecule has 0 radical (unpaired) electrons. The Morgan fingerprint density at radius 1 is 1.03 bits per heavy atom. The van der Waals surface area contributed by atoms with Crippen LogP contribution >= 0.6 is 11.6 Å². The van der Waals surface area contributed by atoms with E-state index < -0.39 is 0 Å².